The maximum Gasteiger partial charge on any atom is 0.240 e. The normalized spacial score (nSPS) is 15.1. The summed E-state index contributed by atoms with van der Waals surface area (Å²) in [5.74, 6) is 1.11. The van der Waals surface area contributed by atoms with E-state index in [4.69, 9.17) is 9.52 Å². The molecule has 202 valence electrons. The smallest absolute Gasteiger partial charge is 0.240 e. The van der Waals surface area contributed by atoms with Gasteiger partial charge in [-0.1, -0.05) is 48.0 Å². The minimum Gasteiger partial charge on any atom is -0.467 e. The highest BCUT2D eigenvalue weighted by Crippen LogP contribution is 2.50. The van der Waals surface area contributed by atoms with Crippen LogP contribution in [0.2, 0.25) is 0 Å². The molecule has 1 unspecified atom stereocenters. The molecule has 2 amide bonds. The van der Waals surface area contributed by atoms with Crippen LogP contribution in [0.25, 0.3) is 16.9 Å². The molecule has 0 saturated carbocycles. The van der Waals surface area contributed by atoms with Crippen molar-refractivity contribution in [2.24, 2.45) is 0 Å². The number of hydrogen-bond donors (Lipinski definition) is 1. The summed E-state index contributed by atoms with van der Waals surface area (Å²) in [7, 11) is 0. The van der Waals surface area contributed by atoms with Gasteiger partial charge in [0, 0.05) is 16.0 Å². The summed E-state index contributed by atoms with van der Waals surface area (Å²) >= 11 is 3.27. The third-order valence-electron chi connectivity index (χ3n) is 6.90. The molecule has 1 aliphatic rings. The number of rotatable bonds is 7. The van der Waals surface area contributed by atoms with Crippen LogP contribution in [-0.2, 0) is 16.1 Å². The van der Waals surface area contributed by atoms with Gasteiger partial charge in [0.05, 0.1) is 35.2 Å². The predicted molar refractivity (Wildman–Crippen MR) is 160 cm³/mol. The summed E-state index contributed by atoms with van der Waals surface area (Å²) in [5, 5.41) is 10.0. The summed E-state index contributed by atoms with van der Waals surface area (Å²) in [6.45, 7) is 4.26. The molecule has 0 radical (unpaired) electrons. The van der Waals surface area contributed by atoms with E-state index in [1.54, 1.807) is 46.4 Å². The van der Waals surface area contributed by atoms with Gasteiger partial charge < -0.3 is 9.73 Å². The van der Waals surface area contributed by atoms with Crippen molar-refractivity contribution in [3.05, 3.63) is 112 Å². The van der Waals surface area contributed by atoms with Crippen LogP contribution in [0, 0.1) is 13.8 Å². The second kappa shape index (κ2) is 11.2. The van der Waals surface area contributed by atoms with Gasteiger partial charge in [-0.05, 0) is 55.1 Å². The van der Waals surface area contributed by atoms with E-state index < -0.39 is 0 Å². The molecule has 1 aliphatic heterocycles. The zero-order chi connectivity index (χ0) is 27.6. The molecule has 7 nitrogen and oxygen atoms in total. The highest BCUT2D eigenvalue weighted by atomic mass is 32.2. The SMILES string of the molecule is Cc1ccc(-n2nc(-c3ccccc3)c3c2N(CC(=O)NCc2ccco2)C(=O)CSC3c2sccc2C)cc1. The Morgan fingerprint density at radius 3 is 2.55 bits per heavy atom. The number of thioether (sulfide) groups is 1. The van der Waals surface area contributed by atoms with E-state index >= 15 is 0 Å². The maximum atomic E-state index is 13.8. The standard InChI is InChI=1S/C31H28N4O3S2/c1-20-10-12-23(13-11-20)35-31-27(28(33-35)22-7-4-3-5-8-22)30(29-21(2)14-16-39-29)40-19-26(37)34(31)18-25(36)32-17-24-9-6-15-38-24/h3-16,30H,17-19H2,1-2H3,(H,32,36). The van der Waals surface area contributed by atoms with Crippen molar-refractivity contribution in [1.82, 2.24) is 15.1 Å². The lowest BCUT2D eigenvalue weighted by Crippen LogP contribution is -2.42. The molecule has 9 heteroatoms. The molecule has 5 aromatic rings. The molecular formula is C31H28N4O3S2. The molecule has 6 rings (SSSR count). The number of nitrogens with one attached hydrogen (secondary N) is 1. The summed E-state index contributed by atoms with van der Waals surface area (Å²) < 4.78 is 7.20. The summed E-state index contributed by atoms with van der Waals surface area (Å²) in [6, 6.07) is 23.8. The first-order valence-electron chi connectivity index (χ1n) is 13.0. The van der Waals surface area contributed by atoms with Crippen LogP contribution in [0.5, 0.6) is 0 Å². The van der Waals surface area contributed by atoms with E-state index in [-0.39, 0.29) is 35.9 Å². The van der Waals surface area contributed by atoms with Crippen molar-refractivity contribution in [1.29, 1.82) is 0 Å². The Kier molecular flexibility index (Phi) is 7.32. The largest absolute Gasteiger partial charge is 0.467 e. The number of furan rings is 1. The number of fused-ring (bicyclic) bond motifs is 1. The van der Waals surface area contributed by atoms with Gasteiger partial charge in [0.15, 0.2) is 0 Å². The van der Waals surface area contributed by atoms with Crippen molar-refractivity contribution in [2.45, 2.75) is 25.6 Å². The number of amides is 2. The lowest BCUT2D eigenvalue weighted by molar-refractivity contribution is -0.123. The zero-order valence-corrected chi connectivity index (χ0v) is 23.8. The Morgan fingerprint density at radius 1 is 1.05 bits per heavy atom. The minimum atomic E-state index is -0.274. The number of aryl methyl sites for hydroxylation is 2. The van der Waals surface area contributed by atoms with E-state index in [9.17, 15) is 9.59 Å². The highest BCUT2D eigenvalue weighted by Gasteiger charge is 2.38. The van der Waals surface area contributed by atoms with Crippen molar-refractivity contribution in [3.63, 3.8) is 0 Å². The van der Waals surface area contributed by atoms with Gasteiger partial charge in [-0.2, -0.15) is 5.10 Å². The van der Waals surface area contributed by atoms with Gasteiger partial charge in [0.2, 0.25) is 11.8 Å². The van der Waals surface area contributed by atoms with Gasteiger partial charge in [0.25, 0.3) is 0 Å². The number of thiophene rings is 1. The molecule has 0 spiro atoms. The number of carbonyl (C=O) groups is 2. The Labute approximate surface area is 240 Å². The van der Waals surface area contributed by atoms with Crippen LogP contribution >= 0.6 is 23.1 Å². The molecule has 2 aromatic carbocycles. The average molecular weight is 569 g/mol. The van der Waals surface area contributed by atoms with E-state index in [0.717, 1.165) is 28.1 Å². The third-order valence-corrected chi connectivity index (χ3v) is 9.35. The number of hydrogen-bond acceptors (Lipinski definition) is 6. The van der Waals surface area contributed by atoms with E-state index in [1.807, 2.05) is 66.2 Å². The van der Waals surface area contributed by atoms with Crippen LogP contribution in [-0.4, -0.2) is 33.9 Å². The van der Waals surface area contributed by atoms with Crippen LogP contribution < -0.4 is 10.2 Å². The molecular weight excluding hydrogens is 541 g/mol. The molecule has 0 bridgehead atoms. The fraction of sp³-hybridized carbons (Fsp3) is 0.194. The van der Waals surface area contributed by atoms with E-state index in [0.29, 0.717) is 11.6 Å². The number of aromatic nitrogens is 2. The van der Waals surface area contributed by atoms with Crippen molar-refractivity contribution in [2.75, 3.05) is 17.2 Å². The zero-order valence-electron chi connectivity index (χ0n) is 22.2. The van der Waals surface area contributed by atoms with E-state index in [1.165, 1.54) is 10.4 Å². The molecule has 0 saturated heterocycles. The van der Waals surface area contributed by atoms with Gasteiger partial charge in [-0.3, -0.25) is 14.5 Å². The summed E-state index contributed by atoms with van der Waals surface area (Å²) in [6.07, 6.45) is 1.57. The van der Waals surface area contributed by atoms with Gasteiger partial charge >= 0.3 is 0 Å². The predicted octanol–water partition coefficient (Wildman–Crippen LogP) is 6.30. The second-order valence-electron chi connectivity index (χ2n) is 9.69. The van der Waals surface area contributed by atoms with Gasteiger partial charge in [-0.25, -0.2) is 4.68 Å². The number of nitrogens with zero attached hydrogens (tertiary/aromatic N) is 3. The first-order valence-corrected chi connectivity index (χ1v) is 14.9. The van der Waals surface area contributed by atoms with Crippen LogP contribution in [0.3, 0.4) is 0 Å². The quantitative estimate of drug-likeness (QED) is 0.249. The van der Waals surface area contributed by atoms with Crippen LogP contribution in [0.15, 0.2) is 88.9 Å². The fourth-order valence-electron chi connectivity index (χ4n) is 4.85. The van der Waals surface area contributed by atoms with Crippen LogP contribution in [0.4, 0.5) is 5.82 Å². The first kappa shape index (κ1) is 26.2. The molecule has 0 fully saturated rings. The van der Waals surface area contributed by atoms with Crippen molar-refractivity contribution < 1.29 is 14.0 Å². The topological polar surface area (TPSA) is 80.4 Å². The summed E-state index contributed by atoms with van der Waals surface area (Å²) in [5.41, 5.74) is 5.82. The second-order valence-corrected chi connectivity index (χ2v) is 11.7. The first-order chi connectivity index (χ1) is 19.5. The van der Waals surface area contributed by atoms with E-state index in [2.05, 4.69) is 23.7 Å². The number of carbonyl (C=O) groups excluding carboxylic acids is 2. The minimum absolute atomic E-state index is 0.121. The van der Waals surface area contributed by atoms with Gasteiger partial charge in [0.1, 0.15) is 18.1 Å². The highest BCUT2D eigenvalue weighted by molar-refractivity contribution is 8.00. The number of benzene rings is 2. The Morgan fingerprint density at radius 2 is 1.85 bits per heavy atom. The Bertz CT molecular complexity index is 1640. The van der Waals surface area contributed by atoms with Crippen LogP contribution in [0.1, 0.15) is 32.6 Å². The number of anilines is 1. The van der Waals surface area contributed by atoms with Gasteiger partial charge in [-0.15, -0.1) is 23.1 Å². The Balaban J connectivity index is 1.53. The Hall–Kier alpha value is -4.08. The molecule has 0 aliphatic carbocycles. The summed E-state index contributed by atoms with van der Waals surface area (Å²) in [4.78, 5) is 29.8. The van der Waals surface area contributed by atoms with Crippen molar-refractivity contribution >= 4 is 40.7 Å². The molecule has 1 atom stereocenters. The lowest BCUT2D eigenvalue weighted by atomic mass is 10.0. The third kappa shape index (κ3) is 5.10. The molecule has 40 heavy (non-hydrogen) atoms. The molecule has 4 heterocycles. The fourth-order valence-corrected chi connectivity index (χ4v) is 7.32. The maximum absolute atomic E-state index is 13.8. The molecule has 1 N–H and O–H groups in total. The lowest BCUT2D eigenvalue weighted by Gasteiger charge is -2.23. The average Bonchev–Trinajstić information content (AvgIpc) is 3.71. The molecule has 3 aromatic heterocycles. The van der Waals surface area contributed by atoms with Crippen molar-refractivity contribution in [3.8, 4) is 16.9 Å². The monoisotopic (exact) mass is 568 g/mol.